The first-order valence-corrected chi connectivity index (χ1v) is 5.82. The zero-order valence-electron chi connectivity index (χ0n) is 9.79. The van der Waals surface area contributed by atoms with E-state index in [9.17, 15) is 0 Å². The topological polar surface area (TPSA) is 17.8 Å². The fraction of sp³-hybridized carbons (Fsp3) is 0.308. The van der Waals surface area contributed by atoms with Crippen LogP contribution in [0.15, 0.2) is 24.3 Å². The van der Waals surface area contributed by atoms with Gasteiger partial charge in [-0.1, -0.05) is 12.1 Å². The average Bonchev–Trinajstić information content (AvgIpc) is 2.64. The zero-order valence-corrected chi connectivity index (χ0v) is 10.5. The maximum absolute atomic E-state index is 5.78. The van der Waals surface area contributed by atoms with Gasteiger partial charge in [0.05, 0.1) is 17.3 Å². The summed E-state index contributed by atoms with van der Waals surface area (Å²) in [6, 6.07) is 8.48. The van der Waals surface area contributed by atoms with Crippen LogP contribution in [0.2, 0.25) is 0 Å². The Kier molecular flexibility index (Phi) is 3.01. The second-order valence-electron chi connectivity index (χ2n) is 4.08. The van der Waals surface area contributed by atoms with Crippen LogP contribution in [-0.2, 0) is 12.9 Å². The van der Waals surface area contributed by atoms with Gasteiger partial charge in [0, 0.05) is 12.6 Å². The van der Waals surface area contributed by atoms with Gasteiger partial charge in [-0.3, -0.25) is 4.68 Å². The molecule has 0 radical (unpaired) electrons. The van der Waals surface area contributed by atoms with Crippen molar-refractivity contribution in [2.75, 3.05) is 0 Å². The fourth-order valence-corrected chi connectivity index (χ4v) is 1.89. The maximum Gasteiger partial charge on any atom is 0.0778 e. The van der Waals surface area contributed by atoms with Crippen molar-refractivity contribution in [3.05, 3.63) is 41.1 Å². The molecule has 16 heavy (non-hydrogen) atoms. The molecule has 0 fully saturated rings. The van der Waals surface area contributed by atoms with E-state index >= 15 is 0 Å². The molecule has 0 aliphatic carbocycles. The lowest BCUT2D eigenvalue weighted by Gasteiger charge is -2.05. The molecule has 3 heteroatoms. The van der Waals surface area contributed by atoms with Crippen molar-refractivity contribution < 1.29 is 0 Å². The number of hydrogen-bond donors (Lipinski definition) is 0. The minimum Gasteiger partial charge on any atom is -0.268 e. The molecule has 2 rings (SSSR count). The molecule has 0 saturated heterocycles. The van der Waals surface area contributed by atoms with E-state index in [0.717, 1.165) is 11.4 Å². The predicted octanol–water partition coefficient (Wildman–Crippen LogP) is 3.44. The van der Waals surface area contributed by atoms with Crippen molar-refractivity contribution in [1.29, 1.82) is 0 Å². The number of nitrogens with zero attached hydrogens (tertiary/aromatic N) is 2. The first-order chi connectivity index (χ1) is 7.61. The molecule has 0 aliphatic heterocycles. The number of halogens is 1. The van der Waals surface area contributed by atoms with Crippen LogP contribution in [-0.4, -0.2) is 9.78 Å². The van der Waals surface area contributed by atoms with Crippen molar-refractivity contribution in [3.8, 4) is 11.3 Å². The first-order valence-electron chi connectivity index (χ1n) is 5.28. The van der Waals surface area contributed by atoms with Crippen LogP contribution < -0.4 is 0 Å². The number of aryl methyl sites for hydroxylation is 3. The Morgan fingerprint density at radius 1 is 1.19 bits per heavy atom. The van der Waals surface area contributed by atoms with Gasteiger partial charge in [0.2, 0.25) is 0 Å². The number of benzene rings is 1. The summed E-state index contributed by atoms with van der Waals surface area (Å²) in [4.78, 5) is 0. The molecular weight excluding hydrogens is 220 g/mol. The van der Waals surface area contributed by atoms with E-state index in [0.29, 0.717) is 5.88 Å². The molecule has 1 heterocycles. The lowest BCUT2D eigenvalue weighted by atomic mass is 10.0. The molecular formula is C13H15ClN2. The summed E-state index contributed by atoms with van der Waals surface area (Å²) < 4.78 is 1.88. The predicted molar refractivity (Wildman–Crippen MR) is 67.7 cm³/mol. The minimum absolute atomic E-state index is 0.457. The minimum atomic E-state index is 0.457. The van der Waals surface area contributed by atoms with Crippen LogP contribution in [0.4, 0.5) is 0 Å². The summed E-state index contributed by atoms with van der Waals surface area (Å²) in [7, 11) is 1.95. The van der Waals surface area contributed by atoms with E-state index in [1.807, 2.05) is 17.8 Å². The lowest BCUT2D eigenvalue weighted by Crippen LogP contribution is -1.94. The Bertz CT molecular complexity index is 515. The highest BCUT2D eigenvalue weighted by atomic mass is 35.5. The number of aromatic nitrogens is 2. The third kappa shape index (κ3) is 1.98. The Morgan fingerprint density at radius 3 is 2.50 bits per heavy atom. The van der Waals surface area contributed by atoms with Gasteiger partial charge >= 0.3 is 0 Å². The Hall–Kier alpha value is -1.28. The number of rotatable bonds is 2. The van der Waals surface area contributed by atoms with E-state index < -0.39 is 0 Å². The summed E-state index contributed by atoms with van der Waals surface area (Å²) >= 11 is 5.78. The molecule has 0 spiro atoms. The van der Waals surface area contributed by atoms with E-state index in [1.54, 1.807) is 0 Å². The van der Waals surface area contributed by atoms with Gasteiger partial charge in [0.15, 0.2) is 0 Å². The molecule has 84 valence electrons. The van der Waals surface area contributed by atoms with Gasteiger partial charge in [0.25, 0.3) is 0 Å². The van der Waals surface area contributed by atoms with E-state index in [-0.39, 0.29) is 0 Å². The molecule has 0 amide bonds. The van der Waals surface area contributed by atoms with E-state index in [2.05, 4.69) is 37.1 Å². The van der Waals surface area contributed by atoms with Crippen molar-refractivity contribution in [2.45, 2.75) is 19.7 Å². The molecule has 2 aromatic rings. The highest BCUT2D eigenvalue weighted by Gasteiger charge is 2.07. The molecule has 0 aliphatic rings. The largest absolute Gasteiger partial charge is 0.268 e. The molecule has 0 atom stereocenters. The van der Waals surface area contributed by atoms with Crippen molar-refractivity contribution in [1.82, 2.24) is 9.78 Å². The van der Waals surface area contributed by atoms with Gasteiger partial charge < -0.3 is 0 Å². The van der Waals surface area contributed by atoms with Crippen LogP contribution in [0.25, 0.3) is 11.3 Å². The normalized spacial score (nSPS) is 10.8. The highest BCUT2D eigenvalue weighted by molar-refractivity contribution is 6.16. The summed E-state index contributed by atoms with van der Waals surface area (Å²) in [5.74, 6) is 0.457. The molecule has 1 aromatic carbocycles. The average molecular weight is 235 g/mol. The monoisotopic (exact) mass is 234 g/mol. The van der Waals surface area contributed by atoms with Crippen molar-refractivity contribution in [3.63, 3.8) is 0 Å². The Morgan fingerprint density at radius 2 is 1.94 bits per heavy atom. The quantitative estimate of drug-likeness (QED) is 0.728. The molecule has 0 unspecified atom stereocenters. The van der Waals surface area contributed by atoms with Crippen molar-refractivity contribution >= 4 is 11.6 Å². The van der Waals surface area contributed by atoms with Crippen LogP contribution >= 0.6 is 11.6 Å². The van der Waals surface area contributed by atoms with Gasteiger partial charge in [-0.15, -0.1) is 11.6 Å². The summed E-state index contributed by atoms with van der Waals surface area (Å²) in [5, 5.41) is 4.34. The lowest BCUT2D eigenvalue weighted by molar-refractivity contribution is 0.761. The molecule has 0 N–H and O–H groups in total. The molecule has 2 nitrogen and oxygen atoms in total. The SMILES string of the molecule is Cc1ccc(-c2cc(CCl)nn2C)cc1C. The molecule has 0 saturated carbocycles. The van der Waals surface area contributed by atoms with Gasteiger partial charge in [-0.2, -0.15) is 5.10 Å². The van der Waals surface area contributed by atoms with Crippen LogP contribution in [0, 0.1) is 13.8 Å². The smallest absolute Gasteiger partial charge is 0.0778 e. The van der Waals surface area contributed by atoms with E-state index in [1.165, 1.54) is 16.7 Å². The van der Waals surface area contributed by atoms with Gasteiger partial charge in [-0.25, -0.2) is 0 Å². The summed E-state index contributed by atoms with van der Waals surface area (Å²) in [5.41, 5.74) is 5.82. The third-order valence-electron chi connectivity index (χ3n) is 2.87. The maximum atomic E-state index is 5.78. The Labute approximate surface area is 101 Å². The third-order valence-corrected chi connectivity index (χ3v) is 3.14. The molecule has 0 bridgehead atoms. The van der Waals surface area contributed by atoms with Gasteiger partial charge in [-0.05, 0) is 37.1 Å². The number of hydrogen-bond acceptors (Lipinski definition) is 1. The van der Waals surface area contributed by atoms with Gasteiger partial charge in [0.1, 0.15) is 0 Å². The highest BCUT2D eigenvalue weighted by Crippen LogP contribution is 2.23. The van der Waals surface area contributed by atoms with Crippen molar-refractivity contribution in [2.24, 2.45) is 7.05 Å². The van der Waals surface area contributed by atoms with Crippen LogP contribution in [0.3, 0.4) is 0 Å². The zero-order chi connectivity index (χ0) is 11.7. The Balaban J connectivity index is 2.49. The standard InChI is InChI=1S/C13H15ClN2/c1-9-4-5-11(6-10(9)2)13-7-12(8-14)15-16(13)3/h4-7H,8H2,1-3H3. The van der Waals surface area contributed by atoms with Crippen LogP contribution in [0.5, 0.6) is 0 Å². The van der Waals surface area contributed by atoms with Crippen LogP contribution in [0.1, 0.15) is 16.8 Å². The first kappa shape index (κ1) is 11.2. The van der Waals surface area contributed by atoms with E-state index in [4.69, 9.17) is 11.6 Å². The second kappa shape index (κ2) is 4.30. The summed E-state index contributed by atoms with van der Waals surface area (Å²) in [6.45, 7) is 4.24. The second-order valence-corrected chi connectivity index (χ2v) is 4.34. The fourth-order valence-electron chi connectivity index (χ4n) is 1.76. The molecule has 1 aromatic heterocycles. The summed E-state index contributed by atoms with van der Waals surface area (Å²) in [6.07, 6.45) is 0. The number of alkyl halides is 1.